The van der Waals surface area contributed by atoms with E-state index in [4.69, 9.17) is 0 Å². The van der Waals surface area contributed by atoms with Gasteiger partial charge in [0, 0.05) is 11.9 Å². The highest BCUT2D eigenvalue weighted by Gasteiger charge is 2.19. The Balaban J connectivity index is 3.20. The fraction of sp³-hybridized carbons (Fsp3) is 0.583. The zero-order valence-corrected chi connectivity index (χ0v) is 9.26. The summed E-state index contributed by atoms with van der Waals surface area (Å²) in [5.74, 6) is 0.510. The molecule has 1 nitrogen and oxygen atoms in total. The number of hydrogen-bond donors (Lipinski definition) is 0. The van der Waals surface area contributed by atoms with Gasteiger partial charge in [0.05, 0.1) is 0 Å². The summed E-state index contributed by atoms with van der Waals surface area (Å²) in [5.41, 5.74) is 2.80. The molecule has 0 aromatic carbocycles. The van der Waals surface area contributed by atoms with Crippen molar-refractivity contribution >= 4 is 0 Å². The minimum Gasteiger partial charge on any atom is -0.261 e. The quantitative estimate of drug-likeness (QED) is 0.639. The van der Waals surface area contributed by atoms with Crippen molar-refractivity contribution in [1.82, 2.24) is 4.98 Å². The van der Waals surface area contributed by atoms with Crippen LogP contribution < -0.4 is 0 Å². The van der Waals surface area contributed by atoms with Crippen molar-refractivity contribution in [3.8, 4) is 0 Å². The van der Waals surface area contributed by atoms with Gasteiger partial charge in [-0.15, -0.1) is 0 Å². The lowest BCUT2D eigenvalue weighted by Crippen LogP contribution is -2.15. The van der Waals surface area contributed by atoms with Crippen LogP contribution in [0.25, 0.3) is 0 Å². The predicted molar refractivity (Wildman–Crippen MR) is 57.0 cm³/mol. The Kier molecular flexibility index (Phi) is 2.74. The van der Waals surface area contributed by atoms with Crippen molar-refractivity contribution in [3.05, 3.63) is 29.6 Å². The van der Waals surface area contributed by atoms with Crippen LogP contribution in [0.3, 0.4) is 0 Å². The first-order valence-corrected chi connectivity index (χ1v) is 4.88. The van der Waals surface area contributed by atoms with E-state index in [0.29, 0.717) is 5.92 Å². The Hall–Kier alpha value is -0.850. The summed E-state index contributed by atoms with van der Waals surface area (Å²) in [6, 6.07) is 4.20. The molecule has 0 aliphatic carbocycles. The van der Waals surface area contributed by atoms with E-state index in [1.54, 1.807) is 0 Å². The zero-order valence-electron chi connectivity index (χ0n) is 9.26. The molecule has 0 amide bonds. The maximum Gasteiger partial charge on any atom is 0.0466 e. The van der Waals surface area contributed by atoms with Gasteiger partial charge in [-0.3, -0.25) is 4.98 Å². The van der Waals surface area contributed by atoms with Gasteiger partial charge in [0.1, 0.15) is 0 Å². The van der Waals surface area contributed by atoms with Crippen LogP contribution in [0.5, 0.6) is 0 Å². The minimum atomic E-state index is 0.202. The van der Waals surface area contributed by atoms with E-state index in [1.807, 2.05) is 12.3 Å². The van der Waals surface area contributed by atoms with E-state index in [1.165, 1.54) is 11.3 Å². The van der Waals surface area contributed by atoms with Crippen molar-refractivity contribution < 1.29 is 0 Å². The number of pyridine rings is 1. The highest BCUT2D eigenvalue weighted by molar-refractivity contribution is 5.29. The van der Waals surface area contributed by atoms with E-state index >= 15 is 0 Å². The van der Waals surface area contributed by atoms with E-state index in [0.717, 1.165) is 0 Å². The molecule has 0 fully saturated rings. The Morgan fingerprint density at radius 2 is 1.85 bits per heavy atom. The maximum atomic E-state index is 4.44. The van der Waals surface area contributed by atoms with Crippen molar-refractivity contribution in [3.63, 3.8) is 0 Å². The van der Waals surface area contributed by atoms with E-state index < -0.39 is 0 Å². The molecule has 13 heavy (non-hydrogen) atoms. The van der Waals surface area contributed by atoms with Gasteiger partial charge >= 0.3 is 0 Å². The van der Waals surface area contributed by atoms with Gasteiger partial charge in [0.15, 0.2) is 0 Å². The minimum absolute atomic E-state index is 0.202. The fourth-order valence-corrected chi connectivity index (χ4v) is 1.51. The van der Waals surface area contributed by atoms with Crippen LogP contribution in [0, 0.1) is 0 Å². The highest BCUT2D eigenvalue weighted by atomic mass is 14.7. The molecule has 1 rings (SSSR count). The first-order valence-electron chi connectivity index (χ1n) is 4.88. The molecule has 0 aliphatic heterocycles. The van der Waals surface area contributed by atoms with E-state index in [9.17, 15) is 0 Å². The van der Waals surface area contributed by atoms with Gasteiger partial charge < -0.3 is 0 Å². The molecule has 0 bridgehead atoms. The molecule has 1 heteroatoms. The van der Waals surface area contributed by atoms with Crippen LogP contribution in [0.2, 0.25) is 0 Å². The van der Waals surface area contributed by atoms with Gasteiger partial charge in [-0.1, -0.05) is 40.7 Å². The largest absolute Gasteiger partial charge is 0.261 e. The van der Waals surface area contributed by atoms with Crippen LogP contribution in [-0.4, -0.2) is 4.98 Å². The summed E-state index contributed by atoms with van der Waals surface area (Å²) in [6.45, 7) is 11.1. The fourth-order valence-electron chi connectivity index (χ4n) is 1.51. The van der Waals surface area contributed by atoms with Crippen LogP contribution >= 0.6 is 0 Å². The SMILES string of the molecule is CC(C)c1ncccc1C(C)(C)C. The lowest BCUT2D eigenvalue weighted by atomic mass is 9.83. The predicted octanol–water partition coefficient (Wildman–Crippen LogP) is 3.50. The number of hydrogen-bond acceptors (Lipinski definition) is 1. The standard InChI is InChI=1S/C12H19N/c1-9(2)11-10(12(3,4)5)7-6-8-13-11/h6-9H,1-5H3. The molecule has 0 spiro atoms. The van der Waals surface area contributed by atoms with Gasteiger partial charge in [-0.2, -0.15) is 0 Å². The van der Waals surface area contributed by atoms with Gasteiger partial charge in [-0.25, -0.2) is 0 Å². The summed E-state index contributed by atoms with van der Waals surface area (Å²) in [7, 11) is 0. The van der Waals surface area contributed by atoms with E-state index in [-0.39, 0.29) is 5.41 Å². The number of aromatic nitrogens is 1. The molecular weight excluding hydrogens is 158 g/mol. The molecular formula is C12H19N. The second-order valence-electron chi connectivity index (χ2n) is 4.84. The van der Waals surface area contributed by atoms with Crippen molar-refractivity contribution in [2.24, 2.45) is 0 Å². The summed E-state index contributed by atoms with van der Waals surface area (Å²) >= 11 is 0. The molecule has 1 aromatic heterocycles. The summed E-state index contributed by atoms with van der Waals surface area (Å²) < 4.78 is 0. The zero-order chi connectivity index (χ0) is 10.1. The number of rotatable bonds is 1. The Morgan fingerprint density at radius 3 is 2.23 bits per heavy atom. The molecule has 0 saturated carbocycles. The topological polar surface area (TPSA) is 12.9 Å². The molecule has 0 N–H and O–H groups in total. The van der Waals surface area contributed by atoms with Crippen molar-refractivity contribution in [1.29, 1.82) is 0 Å². The Labute approximate surface area is 81.2 Å². The van der Waals surface area contributed by atoms with Crippen molar-refractivity contribution in [2.75, 3.05) is 0 Å². The summed E-state index contributed by atoms with van der Waals surface area (Å²) in [6.07, 6.45) is 1.88. The lowest BCUT2D eigenvalue weighted by molar-refractivity contribution is 0.570. The van der Waals surface area contributed by atoms with Gasteiger partial charge in [-0.05, 0) is 23.0 Å². The average molecular weight is 177 g/mol. The first-order chi connectivity index (χ1) is 5.93. The van der Waals surface area contributed by atoms with Crippen LogP contribution in [0.15, 0.2) is 18.3 Å². The first kappa shape index (κ1) is 10.2. The lowest BCUT2D eigenvalue weighted by Gasteiger charge is -2.23. The molecule has 0 aliphatic rings. The molecule has 0 radical (unpaired) electrons. The molecule has 0 unspecified atom stereocenters. The van der Waals surface area contributed by atoms with E-state index in [2.05, 4.69) is 45.7 Å². The summed E-state index contributed by atoms with van der Waals surface area (Å²) in [4.78, 5) is 4.44. The molecule has 72 valence electrons. The Bertz CT molecular complexity index is 281. The Morgan fingerprint density at radius 1 is 1.23 bits per heavy atom. The normalized spacial score (nSPS) is 12.2. The smallest absolute Gasteiger partial charge is 0.0466 e. The molecule has 1 aromatic rings. The average Bonchev–Trinajstić information content (AvgIpc) is 2.03. The van der Waals surface area contributed by atoms with Crippen LogP contribution in [0.1, 0.15) is 51.8 Å². The highest BCUT2D eigenvalue weighted by Crippen LogP contribution is 2.28. The van der Waals surface area contributed by atoms with Crippen LogP contribution in [0.4, 0.5) is 0 Å². The maximum absolute atomic E-state index is 4.44. The molecule has 0 atom stereocenters. The van der Waals surface area contributed by atoms with Gasteiger partial charge in [0.2, 0.25) is 0 Å². The second-order valence-corrected chi connectivity index (χ2v) is 4.84. The van der Waals surface area contributed by atoms with Crippen molar-refractivity contribution in [2.45, 2.75) is 46.0 Å². The monoisotopic (exact) mass is 177 g/mol. The van der Waals surface area contributed by atoms with Gasteiger partial charge in [0.25, 0.3) is 0 Å². The van der Waals surface area contributed by atoms with Crippen LogP contribution in [-0.2, 0) is 5.41 Å². The number of nitrogens with zero attached hydrogens (tertiary/aromatic N) is 1. The third kappa shape index (κ3) is 2.30. The summed E-state index contributed by atoms with van der Waals surface area (Å²) in [5, 5.41) is 0. The molecule has 1 heterocycles. The molecule has 0 saturated heterocycles. The second kappa shape index (κ2) is 3.49. The third-order valence-electron chi connectivity index (χ3n) is 2.19. The third-order valence-corrected chi connectivity index (χ3v) is 2.19.